The highest BCUT2D eigenvalue weighted by molar-refractivity contribution is 8.26. The molecule has 0 unspecified atom stereocenters. The molecule has 1 aliphatic rings. The van der Waals surface area contributed by atoms with Crippen LogP contribution in [0.5, 0.6) is 11.5 Å². The van der Waals surface area contributed by atoms with Crippen molar-refractivity contribution in [2.75, 3.05) is 14.2 Å². The van der Waals surface area contributed by atoms with Crippen LogP contribution in [-0.4, -0.2) is 47.3 Å². The van der Waals surface area contributed by atoms with Crippen LogP contribution in [0.25, 0.3) is 6.08 Å². The van der Waals surface area contributed by atoms with Crippen molar-refractivity contribution in [3.8, 4) is 11.5 Å². The predicted molar refractivity (Wildman–Crippen MR) is 93.0 cm³/mol. The molecule has 8 nitrogen and oxygen atoms in total. The minimum Gasteiger partial charge on any atom is -0.550 e. The van der Waals surface area contributed by atoms with Gasteiger partial charge in [-0.05, 0) is 24.3 Å². The van der Waals surface area contributed by atoms with Crippen molar-refractivity contribution < 1.29 is 34.1 Å². The van der Waals surface area contributed by atoms with Crippen molar-refractivity contribution in [2.45, 2.75) is 12.5 Å². The van der Waals surface area contributed by atoms with Gasteiger partial charge >= 0.3 is 0 Å². The summed E-state index contributed by atoms with van der Waals surface area (Å²) in [6.07, 6.45) is 0.538. The minimum absolute atomic E-state index is 0.0847. The highest BCUT2D eigenvalue weighted by Gasteiger charge is 2.38. The summed E-state index contributed by atoms with van der Waals surface area (Å²) in [4.78, 5) is 35.4. The largest absolute Gasteiger partial charge is 0.550 e. The lowest BCUT2D eigenvalue weighted by Gasteiger charge is -2.27. The maximum atomic E-state index is 12.6. The number of ether oxygens (including phenoxy) is 2. The Morgan fingerprint density at radius 2 is 2.00 bits per heavy atom. The first-order chi connectivity index (χ1) is 12.3. The molecule has 1 aromatic carbocycles. The first-order valence-electron chi connectivity index (χ1n) is 7.18. The van der Waals surface area contributed by atoms with Gasteiger partial charge in [0.05, 0.1) is 31.1 Å². The second-order valence-corrected chi connectivity index (χ2v) is 6.75. The van der Waals surface area contributed by atoms with Crippen LogP contribution in [0.1, 0.15) is 12.0 Å². The van der Waals surface area contributed by atoms with E-state index < -0.39 is 30.3 Å². The summed E-state index contributed by atoms with van der Waals surface area (Å²) in [7, 11) is 2.94. The van der Waals surface area contributed by atoms with Gasteiger partial charge in [0.1, 0.15) is 15.8 Å². The predicted octanol–water partition coefficient (Wildman–Crippen LogP) is -0.837. The number of methoxy groups -OCH3 is 2. The molecule has 138 valence electrons. The standard InChI is InChI=1S/C16H15NO7S2/c1-23-9-3-4-11(24-2)8(5-9)6-12-14(20)17(16(25)26-12)10(15(21)22)7-13(18)19/h3-6,10H,7H2,1-2H3,(H,18,19)(H,21,22)/p-2/b12-6+/t10-/m1/s1. The molecule has 0 aliphatic carbocycles. The molecule has 0 N–H and O–H groups in total. The molecule has 26 heavy (non-hydrogen) atoms. The van der Waals surface area contributed by atoms with Crippen LogP contribution in [0, 0.1) is 0 Å². The molecular formula is C16H13NO7S2-2. The number of hydrogen-bond acceptors (Lipinski definition) is 9. The Bertz CT molecular complexity index is 806. The number of carboxylic acid groups (broad SMARTS) is 2. The molecule has 0 saturated carbocycles. The third kappa shape index (κ3) is 4.14. The molecule has 1 amide bonds. The van der Waals surface area contributed by atoms with Crippen LogP contribution >= 0.6 is 24.0 Å². The Hall–Kier alpha value is -2.59. The van der Waals surface area contributed by atoms with Gasteiger partial charge in [-0.3, -0.25) is 9.69 Å². The van der Waals surface area contributed by atoms with E-state index in [0.29, 0.717) is 22.0 Å². The normalized spacial score (nSPS) is 16.7. The Morgan fingerprint density at radius 1 is 1.31 bits per heavy atom. The highest BCUT2D eigenvalue weighted by atomic mass is 32.2. The molecule has 1 aromatic rings. The zero-order valence-corrected chi connectivity index (χ0v) is 15.3. The summed E-state index contributed by atoms with van der Waals surface area (Å²) in [6, 6.07) is 3.20. The summed E-state index contributed by atoms with van der Waals surface area (Å²) < 4.78 is 10.3. The number of thioether (sulfide) groups is 1. The van der Waals surface area contributed by atoms with Crippen LogP contribution in [0.2, 0.25) is 0 Å². The number of thiocarbonyl (C=S) groups is 1. The number of nitrogens with zero attached hydrogens (tertiary/aromatic N) is 1. The van der Waals surface area contributed by atoms with Gasteiger partial charge < -0.3 is 29.3 Å². The molecule has 0 spiro atoms. The van der Waals surface area contributed by atoms with Gasteiger partial charge in [-0.15, -0.1) is 0 Å². The molecule has 1 heterocycles. The van der Waals surface area contributed by atoms with Gasteiger partial charge in [0, 0.05) is 18.0 Å². The summed E-state index contributed by atoms with van der Waals surface area (Å²) in [5.74, 6) is -3.11. The van der Waals surface area contributed by atoms with Crippen molar-refractivity contribution in [1.82, 2.24) is 4.90 Å². The summed E-state index contributed by atoms with van der Waals surface area (Å²) in [6.45, 7) is 0. The molecule has 2 rings (SSSR count). The fourth-order valence-corrected chi connectivity index (χ4v) is 3.63. The van der Waals surface area contributed by atoms with Crippen LogP contribution in [0.15, 0.2) is 23.1 Å². The second kappa shape index (κ2) is 8.19. The van der Waals surface area contributed by atoms with Crippen molar-refractivity contribution >= 4 is 52.2 Å². The van der Waals surface area contributed by atoms with Gasteiger partial charge in [0.25, 0.3) is 5.91 Å². The van der Waals surface area contributed by atoms with E-state index in [4.69, 9.17) is 21.7 Å². The van der Waals surface area contributed by atoms with Crippen LogP contribution in [0.3, 0.4) is 0 Å². The number of amides is 1. The van der Waals surface area contributed by atoms with E-state index >= 15 is 0 Å². The minimum atomic E-state index is -1.74. The Balaban J connectivity index is 2.40. The maximum Gasteiger partial charge on any atom is 0.266 e. The van der Waals surface area contributed by atoms with E-state index in [0.717, 1.165) is 11.8 Å². The molecule has 1 atom stereocenters. The smallest absolute Gasteiger partial charge is 0.266 e. The summed E-state index contributed by atoms with van der Waals surface area (Å²) in [5, 5.41) is 22.0. The van der Waals surface area contributed by atoms with Crippen molar-refractivity contribution in [3.63, 3.8) is 0 Å². The molecule has 1 aliphatic heterocycles. The first kappa shape index (κ1) is 19.7. The quantitative estimate of drug-likeness (QED) is 0.430. The topological polar surface area (TPSA) is 119 Å². The molecule has 1 fully saturated rings. The zero-order chi connectivity index (χ0) is 19.4. The molecule has 0 bridgehead atoms. The van der Waals surface area contributed by atoms with Crippen LogP contribution in [-0.2, 0) is 14.4 Å². The molecule has 0 aromatic heterocycles. The van der Waals surface area contributed by atoms with E-state index in [2.05, 4.69) is 0 Å². The zero-order valence-electron chi connectivity index (χ0n) is 13.7. The monoisotopic (exact) mass is 395 g/mol. The van der Waals surface area contributed by atoms with E-state index in [1.165, 1.54) is 20.3 Å². The molecule has 1 saturated heterocycles. The van der Waals surface area contributed by atoms with Gasteiger partial charge in [-0.25, -0.2) is 0 Å². The van der Waals surface area contributed by atoms with E-state index in [1.54, 1.807) is 18.2 Å². The number of benzene rings is 1. The average molecular weight is 395 g/mol. The Labute approximate surface area is 158 Å². The Morgan fingerprint density at radius 3 is 2.54 bits per heavy atom. The summed E-state index contributed by atoms with van der Waals surface area (Å²) in [5.41, 5.74) is 0.511. The third-order valence-corrected chi connectivity index (χ3v) is 4.82. The van der Waals surface area contributed by atoms with Crippen molar-refractivity contribution in [1.29, 1.82) is 0 Å². The number of carbonyl (C=O) groups excluding carboxylic acids is 3. The van der Waals surface area contributed by atoms with Gasteiger partial charge in [0.15, 0.2) is 0 Å². The number of rotatable bonds is 7. The number of carbonyl (C=O) groups is 3. The maximum absolute atomic E-state index is 12.6. The number of aliphatic carboxylic acids is 2. The van der Waals surface area contributed by atoms with Crippen LogP contribution in [0.4, 0.5) is 0 Å². The fraction of sp³-hybridized carbons (Fsp3) is 0.250. The summed E-state index contributed by atoms with van der Waals surface area (Å²) >= 11 is 5.89. The van der Waals surface area contributed by atoms with Crippen molar-refractivity contribution in [3.05, 3.63) is 28.7 Å². The van der Waals surface area contributed by atoms with E-state index in [9.17, 15) is 24.6 Å². The molecule has 0 radical (unpaired) electrons. The average Bonchev–Trinajstić information content (AvgIpc) is 2.86. The van der Waals surface area contributed by atoms with Gasteiger partial charge in [-0.2, -0.15) is 0 Å². The van der Waals surface area contributed by atoms with Gasteiger partial charge in [0.2, 0.25) is 0 Å². The van der Waals surface area contributed by atoms with Crippen molar-refractivity contribution in [2.24, 2.45) is 0 Å². The molecule has 10 heteroatoms. The second-order valence-electron chi connectivity index (χ2n) is 5.07. The third-order valence-electron chi connectivity index (χ3n) is 3.49. The van der Waals surface area contributed by atoms with E-state index in [-0.39, 0.29) is 9.23 Å². The fourth-order valence-electron chi connectivity index (χ4n) is 2.28. The van der Waals surface area contributed by atoms with Gasteiger partial charge in [-0.1, -0.05) is 24.0 Å². The number of hydrogen-bond donors (Lipinski definition) is 0. The lowest BCUT2D eigenvalue weighted by atomic mass is 10.1. The van der Waals surface area contributed by atoms with E-state index in [1.807, 2.05) is 0 Å². The highest BCUT2D eigenvalue weighted by Crippen LogP contribution is 2.36. The number of carboxylic acids is 2. The SMILES string of the molecule is COc1ccc(OC)c(/C=C2/SC(=S)N([C@H](CC(=O)[O-])C(=O)[O-])C2=O)c1. The first-order valence-corrected chi connectivity index (χ1v) is 8.40. The van der Waals surface area contributed by atoms with Crippen LogP contribution < -0.4 is 19.7 Å². The lowest BCUT2D eigenvalue weighted by molar-refractivity contribution is -0.319. The molecular weight excluding hydrogens is 382 g/mol. The Kier molecular flexibility index (Phi) is 6.22. The lowest BCUT2D eigenvalue weighted by Crippen LogP contribution is -2.52.